The second kappa shape index (κ2) is 8.56. The van der Waals surface area contributed by atoms with Gasteiger partial charge in [0.15, 0.2) is 0 Å². The molecule has 0 unspecified atom stereocenters. The molecule has 0 aliphatic heterocycles. The molecule has 0 spiro atoms. The van der Waals surface area contributed by atoms with Gasteiger partial charge in [-0.3, -0.25) is 9.59 Å². The van der Waals surface area contributed by atoms with Gasteiger partial charge in [-0.2, -0.15) is 0 Å². The number of halogens is 1. The third-order valence-electron chi connectivity index (χ3n) is 3.01. The zero-order valence-electron chi connectivity index (χ0n) is 12.0. The summed E-state index contributed by atoms with van der Waals surface area (Å²) in [4.78, 5) is 24.0. The minimum Gasteiger partial charge on any atom is -0.356 e. The van der Waals surface area contributed by atoms with Crippen LogP contribution in [0.1, 0.15) is 21.7 Å². The first kappa shape index (κ1) is 16.5. The highest BCUT2D eigenvalue weighted by Gasteiger charge is 2.07. The molecule has 0 aliphatic carbocycles. The predicted octanol–water partition coefficient (Wildman–Crippen LogP) is 2.88. The van der Waals surface area contributed by atoms with Crippen LogP contribution in [0.4, 0.5) is 0 Å². The van der Waals surface area contributed by atoms with Crippen LogP contribution < -0.4 is 10.6 Å². The SMILES string of the molecule is O=C(CCNC(=O)c1cccs1)NCCc1cccc(Cl)c1. The number of rotatable bonds is 7. The number of hydrogen-bond acceptors (Lipinski definition) is 3. The molecule has 2 aromatic rings. The molecule has 22 heavy (non-hydrogen) atoms. The van der Waals surface area contributed by atoms with Crippen molar-refractivity contribution in [2.24, 2.45) is 0 Å². The van der Waals surface area contributed by atoms with Gasteiger partial charge in [0.05, 0.1) is 4.88 Å². The normalized spacial score (nSPS) is 10.2. The van der Waals surface area contributed by atoms with E-state index < -0.39 is 0 Å². The van der Waals surface area contributed by atoms with Crippen molar-refractivity contribution in [3.8, 4) is 0 Å². The first-order valence-electron chi connectivity index (χ1n) is 6.98. The fourth-order valence-corrected chi connectivity index (χ4v) is 2.76. The Balaban J connectivity index is 1.61. The molecule has 4 nitrogen and oxygen atoms in total. The molecule has 0 atom stereocenters. The van der Waals surface area contributed by atoms with Gasteiger partial charge < -0.3 is 10.6 Å². The summed E-state index contributed by atoms with van der Waals surface area (Å²) in [5, 5.41) is 8.09. The van der Waals surface area contributed by atoms with Gasteiger partial charge in [-0.15, -0.1) is 11.3 Å². The molecule has 2 amide bonds. The second-order valence-corrected chi connectivity index (χ2v) is 6.10. The molecule has 6 heteroatoms. The van der Waals surface area contributed by atoms with Crippen molar-refractivity contribution >= 4 is 34.8 Å². The first-order valence-corrected chi connectivity index (χ1v) is 8.24. The van der Waals surface area contributed by atoms with Crippen molar-refractivity contribution in [3.05, 3.63) is 57.2 Å². The maximum absolute atomic E-state index is 11.7. The van der Waals surface area contributed by atoms with Crippen molar-refractivity contribution in [1.29, 1.82) is 0 Å². The monoisotopic (exact) mass is 336 g/mol. The summed E-state index contributed by atoms with van der Waals surface area (Å²) in [5.74, 6) is -0.213. The predicted molar refractivity (Wildman–Crippen MR) is 89.4 cm³/mol. The van der Waals surface area contributed by atoms with Gasteiger partial charge in [0.25, 0.3) is 5.91 Å². The van der Waals surface area contributed by atoms with E-state index in [1.165, 1.54) is 11.3 Å². The number of amides is 2. The average molecular weight is 337 g/mol. The maximum atomic E-state index is 11.7. The number of carbonyl (C=O) groups is 2. The van der Waals surface area contributed by atoms with Crippen LogP contribution in [-0.4, -0.2) is 24.9 Å². The lowest BCUT2D eigenvalue weighted by atomic mass is 10.1. The smallest absolute Gasteiger partial charge is 0.261 e. The van der Waals surface area contributed by atoms with Gasteiger partial charge in [-0.1, -0.05) is 29.8 Å². The highest BCUT2D eigenvalue weighted by molar-refractivity contribution is 7.12. The fourth-order valence-electron chi connectivity index (χ4n) is 1.91. The third-order valence-corrected chi connectivity index (χ3v) is 4.11. The first-order chi connectivity index (χ1) is 10.6. The Bertz CT molecular complexity index is 629. The molecule has 2 N–H and O–H groups in total. The molecule has 0 saturated carbocycles. The van der Waals surface area contributed by atoms with Crippen LogP contribution in [0.25, 0.3) is 0 Å². The fraction of sp³-hybridized carbons (Fsp3) is 0.250. The quantitative estimate of drug-likeness (QED) is 0.816. The molecule has 0 fully saturated rings. The highest BCUT2D eigenvalue weighted by atomic mass is 35.5. The number of hydrogen-bond donors (Lipinski definition) is 2. The van der Waals surface area contributed by atoms with E-state index in [0.717, 1.165) is 12.0 Å². The van der Waals surface area contributed by atoms with Gasteiger partial charge in [0.1, 0.15) is 0 Å². The summed E-state index contributed by atoms with van der Waals surface area (Å²) >= 11 is 7.28. The van der Waals surface area contributed by atoms with Crippen LogP contribution >= 0.6 is 22.9 Å². The number of thiophene rings is 1. The van der Waals surface area contributed by atoms with Crippen molar-refractivity contribution in [2.75, 3.05) is 13.1 Å². The van der Waals surface area contributed by atoms with Crippen molar-refractivity contribution in [3.63, 3.8) is 0 Å². The Hall–Kier alpha value is -1.85. The second-order valence-electron chi connectivity index (χ2n) is 4.71. The van der Waals surface area contributed by atoms with Gasteiger partial charge in [-0.05, 0) is 35.6 Å². The summed E-state index contributed by atoms with van der Waals surface area (Å²) in [6, 6.07) is 11.1. The number of benzene rings is 1. The molecule has 116 valence electrons. The number of carbonyl (C=O) groups excluding carboxylic acids is 2. The van der Waals surface area contributed by atoms with Crippen LogP contribution in [-0.2, 0) is 11.2 Å². The zero-order valence-corrected chi connectivity index (χ0v) is 13.5. The van der Waals surface area contributed by atoms with E-state index in [1.807, 2.05) is 35.7 Å². The van der Waals surface area contributed by atoms with Crippen molar-refractivity contribution < 1.29 is 9.59 Å². The Kier molecular flexibility index (Phi) is 6.43. The summed E-state index contributed by atoms with van der Waals surface area (Å²) < 4.78 is 0. The third kappa shape index (κ3) is 5.50. The standard InChI is InChI=1S/C16H17ClN2O2S/c17-13-4-1-3-12(11-13)6-8-18-15(20)7-9-19-16(21)14-5-2-10-22-14/h1-5,10-11H,6-9H2,(H,18,20)(H,19,21). The molecule has 1 aromatic carbocycles. The van der Waals surface area contributed by atoms with E-state index in [0.29, 0.717) is 23.0 Å². The van der Waals surface area contributed by atoms with Crippen molar-refractivity contribution in [2.45, 2.75) is 12.8 Å². The van der Waals surface area contributed by atoms with Gasteiger partial charge in [0.2, 0.25) is 5.91 Å². The minimum absolute atomic E-state index is 0.0755. The lowest BCUT2D eigenvalue weighted by Crippen LogP contribution is -2.31. The molecule has 0 radical (unpaired) electrons. The Labute approximate surface area is 138 Å². The van der Waals surface area contributed by atoms with E-state index >= 15 is 0 Å². The molecule has 1 heterocycles. The molecule has 2 rings (SSSR count). The lowest BCUT2D eigenvalue weighted by molar-refractivity contribution is -0.120. The summed E-state index contributed by atoms with van der Waals surface area (Å²) in [7, 11) is 0. The van der Waals surface area contributed by atoms with E-state index in [9.17, 15) is 9.59 Å². The van der Waals surface area contributed by atoms with Gasteiger partial charge in [-0.25, -0.2) is 0 Å². The molecule has 1 aromatic heterocycles. The van der Waals surface area contributed by atoms with E-state index in [2.05, 4.69) is 10.6 Å². The average Bonchev–Trinajstić information content (AvgIpc) is 3.01. The Morgan fingerprint density at radius 1 is 1.09 bits per heavy atom. The Morgan fingerprint density at radius 3 is 2.68 bits per heavy atom. The lowest BCUT2D eigenvalue weighted by Gasteiger charge is -2.06. The maximum Gasteiger partial charge on any atom is 0.261 e. The minimum atomic E-state index is -0.137. The summed E-state index contributed by atoms with van der Waals surface area (Å²) in [6.45, 7) is 0.887. The van der Waals surface area contributed by atoms with E-state index in [1.54, 1.807) is 6.07 Å². The zero-order chi connectivity index (χ0) is 15.8. The summed E-state index contributed by atoms with van der Waals surface area (Å²) in [6.07, 6.45) is 1.00. The topological polar surface area (TPSA) is 58.2 Å². The highest BCUT2D eigenvalue weighted by Crippen LogP contribution is 2.10. The summed E-state index contributed by atoms with van der Waals surface area (Å²) in [5.41, 5.74) is 1.08. The van der Waals surface area contributed by atoms with Crippen LogP contribution in [0.3, 0.4) is 0 Å². The van der Waals surface area contributed by atoms with Crippen LogP contribution in [0.5, 0.6) is 0 Å². The number of nitrogens with one attached hydrogen (secondary N) is 2. The largest absolute Gasteiger partial charge is 0.356 e. The van der Waals surface area contributed by atoms with E-state index in [4.69, 9.17) is 11.6 Å². The van der Waals surface area contributed by atoms with Gasteiger partial charge in [0, 0.05) is 24.5 Å². The molecule has 0 saturated heterocycles. The van der Waals surface area contributed by atoms with Crippen LogP contribution in [0.15, 0.2) is 41.8 Å². The van der Waals surface area contributed by atoms with E-state index in [-0.39, 0.29) is 18.2 Å². The molecular formula is C16H17ClN2O2S. The Morgan fingerprint density at radius 2 is 1.95 bits per heavy atom. The molecule has 0 aliphatic rings. The van der Waals surface area contributed by atoms with Crippen LogP contribution in [0, 0.1) is 0 Å². The molecular weight excluding hydrogens is 320 g/mol. The van der Waals surface area contributed by atoms with Gasteiger partial charge >= 0.3 is 0 Å². The van der Waals surface area contributed by atoms with Crippen LogP contribution in [0.2, 0.25) is 5.02 Å². The molecule has 0 bridgehead atoms. The van der Waals surface area contributed by atoms with Crippen molar-refractivity contribution in [1.82, 2.24) is 10.6 Å².